The van der Waals surface area contributed by atoms with Crippen molar-refractivity contribution in [3.05, 3.63) is 12.7 Å². The fraction of sp³-hybridized carbons (Fsp3) is 0.571. The maximum absolute atomic E-state index is 3.67. The van der Waals surface area contributed by atoms with E-state index >= 15 is 0 Å². The van der Waals surface area contributed by atoms with Crippen molar-refractivity contribution in [2.24, 2.45) is 0 Å². The minimum absolute atomic E-state index is 0. The average molecular weight is 161 g/mol. The molecule has 0 fully saturated rings. The van der Waals surface area contributed by atoms with E-state index in [0.717, 1.165) is 19.6 Å². The maximum Gasteiger partial charge on any atom is 0.234 e. The molecule has 0 aromatic heterocycles. The molecule has 58 valence electrons. The van der Waals surface area contributed by atoms with Crippen LogP contribution < -0.4 is 12.4 Å². The second kappa shape index (κ2) is 4.34. The first-order valence-corrected chi connectivity index (χ1v) is 3.23. The summed E-state index contributed by atoms with van der Waals surface area (Å²) in [5.74, 6) is 0. The molecule has 0 bridgehead atoms. The summed E-state index contributed by atoms with van der Waals surface area (Å²) >= 11 is 0. The van der Waals surface area contributed by atoms with E-state index in [0.29, 0.717) is 0 Å². The molecule has 0 atom stereocenters. The van der Waals surface area contributed by atoms with Gasteiger partial charge in [0.1, 0.15) is 19.6 Å². The Kier molecular flexibility index (Phi) is 4.12. The van der Waals surface area contributed by atoms with Gasteiger partial charge in [-0.1, -0.05) is 12.7 Å². The lowest BCUT2D eigenvalue weighted by Gasteiger charge is -1.99. The molecule has 2 nitrogen and oxygen atoms in total. The van der Waals surface area contributed by atoms with Crippen molar-refractivity contribution >= 4 is 6.34 Å². The van der Waals surface area contributed by atoms with Crippen LogP contribution in [0.4, 0.5) is 0 Å². The predicted molar refractivity (Wildman–Crippen MR) is 38.9 cm³/mol. The lowest BCUT2D eigenvalue weighted by Crippen LogP contribution is -3.00. The molecule has 1 aliphatic heterocycles. The van der Waals surface area contributed by atoms with Gasteiger partial charge < -0.3 is 12.4 Å². The molecule has 0 radical (unpaired) electrons. The largest absolute Gasteiger partial charge is 1.00 e. The SMILES string of the molecule is C=CCN1C=[N+](C)CC1.[Cl-]. The van der Waals surface area contributed by atoms with E-state index in [1.165, 1.54) is 0 Å². The molecule has 1 rings (SSSR count). The third kappa shape index (κ3) is 2.40. The van der Waals surface area contributed by atoms with E-state index in [1.807, 2.05) is 6.08 Å². The molecule has 1 heterocycles. The van der Waals surface area contributed by atoms with Gasteiger partial charge in [0.15, 0.2) is 0 Å². The van der Waals surface area contributed by atoms with Crippen molar-refractivity contribution in [3.8, 4) is 0 Å². The van der Waals surface area contributed by atoms with E-state index < -0.39 is 0 Å². The molecule has 10 heavy (non-hydrogen) atoms. The standard InChI is InChI=1S/C7H13N2.ClH/c1-3-4-9-6-5-8(2)7-9;/h3,7H,1,4-6H2,2H3;1H/q+1;/p-1. The molecular weight excluding hydrogens is 148 g/mol. The minimum atomic E-state index is 0. The lowest BCUT2D eigenvalue weighted by atomic mass is 10.5. The molecule has 0 aromatic carbocycles. The molecule has 0 aliphatic carbocycles. The highest BCUT2D eigenvalue weighted by atomic mass is 35.5. The molecule has 0 aromatic rings. The molecule has 0 unspecified atom stereocenters. The lowest BCUT2D eigenvalue weighted by molar-refractivity contribution is -0.482. The van der Waals surface area contributed by atoms with Crippen LogP contribution in [0.25, 0.3) is 0 Å². The summed E-state index contributed by atoms with van der Waals surface area (Å²) in [4.78, 5) is 2.24. The summed E-state index contributed by atoms with van der Waals surface area (Å²) in [5.41, 5.74) is 0. The van der Waals surface area contributed by atoms with Crippen molar-refractivity contribution in [3.63, 3.8) is 0 Å². The Hall–Kier alpha value is -0.500. The predicted octanol–water partition coefficient (Wildman–Crippen LogP) is -2.84. The van der Waals surface area contributed by atoms with Gasteiger partial charge in [-0.05, 0) is 0 Å². The molecule has 0 saturated heterocycles. The Bertz CT molecular complexity index is 143. The third-order valence-electron chi connectivity index (χ3n) is 1.46. The Balaban J connectivity index is 0.000000810. The second-order valence-corrected chi connectivity index (χ2v) is 2.38. The number of likely N-dealkylation sites (N-methyl/N-ethyl adjacent to an activating group) is 1. The minimum Gasteiger partial charge on any atom is -1.00 e. The molecular formula is C7H13ClN2. The number of nitrogens with zero attached hydrogens (tertiary/aromatic N) is 2. The Morgan fingerprint density at radius 3 is 2.90 bits per heavy atom. The Morgan fingerprint density at radius 2 is 2.50 bits per heavy atom. The first kappa shape index (κ1) is 9.50. The molecule has 3 heteroatoms. The van der Waals surface area contributed by atoms with Crippen molar-refractivity contribution in [2.75, 3.05) is 26.7 Å². The fourth-order valence-electron chi connectivity index (χ4n) is 0.985. The molecule has 0 amide bonds. The zero-order chi connectivity index (χ0) is 6.69. The van der Waals surface area contributed by atoms with Gasteiger partial charge in [-0.25, -0.2) is 0 Å². The van der Waals surface area contributed by atoms with Crippen LogP contribution in [0.5, 0.6) is 0 Å². The molecule has 0 N–H and O–H groups in total. The van der Waals surface area contributed by atoms with Crippen molar-refractivity contribution in [2.45, 2.75) is 0 Å². The zero-order valence-corrected chi connectivity index (χ0v) is 7.01. The highest BCUT2D eigenvalue weighted by molar-refractivity contribution is 5.50. The van der Waals surface area contributed by atoms with Gasteiger partial charge in [0.05, 0.1) is 7.05 Å². The van der Waals surface area contributed by atoms with Gasteiger partial charge in [-0.3, -0.25) is 9.48 Å². The topological polar surface area (TPSA) is 6.25 Å². The zero-order valence-electron chi connectivity index (χ0n) is 6.26. The van der Waals surface area contributed by atoms with Crippen LogP contribution in [0.15, 0.2) is 12.7 Å². The van der Waals surface area contributed by atoms with Crippen LogP contribution in [0.2, 0.25) is 0 Å². The number of rotatable bonds is 2. The number of halogens is 1. The second-order valence-electron chi connectivity index (χ2n) is 2.38. The summed E-state index contributed by atoms with van der Waals surface area (Å²) in [6.45, 7) is 6.93. The van der Waals surface area contributed by atoms with Crippen molar-refractivity contribution < 1.29 is 17.0 Å². The van der Waals surface area contributed by atoms with Gasteiger partial charge in [0.2, 0.25) is 6.34 Å². The fourth-order valence-corrected chi connectivity index (χ4v) is 0.985. The smallest absolute Gasteiger partial charge is 0.234 e. The van der Waals surface area contributed by atoms with Crippen LogP contribution in [0.3, 0.4) is 0 Å². The van der Waals surface area contributed by atoms with Crippen LogP contribution in [0.1, 0.15) is 0 Å². The summed E-state index contributed by atoms with van der Waals surface area (Å²) in [5, 5.41) is 0. The molecule has 1 aliphatic rings. The quantitative estimate of drug-likeness (QED) is 0.312. The van der Waals surface area contributed by atoms with E-state index in [4.69, 9.17) is 0 Å². The summed E-state index contributed by atoms with van der Waals surface area (Å²) in [7, 11) is 2.09. The normalized spacial score (nSPS) is 16.1. The van der Waals surface area contributed by atoms with Crippen LogP contribution in [-0.4, -0.2) is 42.5 Å². The van der Waals surface area contributed by atoms with Gasteiger partial charge in [-0.15, -0.1) is 0 Å². The van der Waals surface area contributed by atoms with E-state index in [9.17, 15) is 0 Å². The van der Waals surface area contributed by atoms with E-state index in [-0.39, 0.29) is 12.4 Å². The van der Waals surface area contributed by atoms with Gasteiger partial charge >= 0.3 is 0 Å². The first-order chi connectivity index (χ1) is 4.33. The monoisotopic (exact) mass is 160 g/mol. The summed E-state index contributed by atoms with van der Waals surface area (Å²) in [6, 6.07) is 0. The van der Waals surface area contributed by atoms with Crippen molar-refractivity contribution in [1.29, 1.82) is 0 Å². The first-order valence-electron chi connectivity index (χ1n) is 3.23. The number of hydrogen-bond acceptors (Lipinski definition) is 1. The summed E-state index contributed by atoms with van der Waals surface area (Å²) in [6.07, 6.45) is 4.05. The van der Waals surface area contributed by atoms with Gasteiger partial charge in [0.25, 0.3) is 0 Å². The van der Waals surface area contributed by atoms with Gasteiger partial charge in [0, 0.05) is 0 Å². The maximum atomic E-state index is 3.67. The van der Waals surface area contributed by atoms with Crippen molar-refractivity contribution in [1.82, 2.24) is 4.90 Å². The third-order valence-corrected chi connectivity index (χ3v) is 1.46. The number of hydrogen-bond donors (Lipinski definition) is 0. The highest BCUT2D eigenvalue weighted by Crippen LogP contribution is 1.90. The Labute approximate surface area is 68.3 Å². The van der Waals surface area contributed by atoms with Crippen LogP contribution in [0, 0.1) is 0 Å². The van der Waals surface area contributed by atoms with Crippen LogP contribution in [-0.2, 0) is 0 Å². The Morgan fingerprint density at radius 1 is 1.80 bits per heavy atom. The van der Waals surface area contributed by atoms with Crippen LogP contribution >= 0.6 is 0 Å². The molecule has 0 spiro atoms. The molecule has 0 saturated carbocycles. The van der Waals surface area contributed by atoms with Gasteiger partial charge in [-0.2, -0.15) is 0 Å². The summed E-state index contributed by atoms with van der Waals surface area (Å²) < 4.78 is 2.18. The van der Waals surface area contributed by atoms with E-state index in [2.05, 4.69) is 29.4 Å². The average Bonchev–Trinajstić information content (AvgIpc) is 2.17. The highest BCUT2D eigenvalue weighted by Gasteiger charge is 2.13. The van der Waals surface area contributed by atoms with E-state index in [1.54, 1.807) is 0 Å².